The summed E-state index contributed by atoms with van der Waals surface area (Å²) in [4.78, 5) is 13.3. The number of aromatic amines is 1. The number of tetrazole rings is 1. The highest BCUT2D eigenvalue weighted by molar-refractivity contribution is 7.12. The van der Waals surface area contributed by atoms with Crippen LogP contribution in [0.15, 0.2) is 12.1 Å². The van der Waals surface area contributed by atoms with Gasteiger partial charge in [0.25, 0.3) is 0 Å². The summed E-state index contributed by atoms with van der Waals surface area (Å²) in [6.45, 7) is 2.66. The summed E-state index contributed by atoms with van der Waals surface area (Å²) >= 11 is 1.59. The van der Waals surface area contributed by atoms with Crippen molar-refractivity contribution in [1.82, 2.24) is 25.9 Å². The molecule has 2 heterocycles. The zero-order valence-corrected chi connectivity index (χ0v) is 11.5. The first-order valence-corrected chi connectivity index (χ1v) is 6.62. The van der Waals surface area contributed by atoms with Crippen molar-refractivity contribution in [2.45, 2.75) is 25.9 Å². The van der Waals surface area contributed by atoms with Gasteiger partial charge in [0.15, 0.2) is 5.82 Å². The van der Waals surface area contributed by atoms with Crippen LogP contribution in [0.1, 0.15) is 28.5 Å². The zero-order valence-electron chi connectivity index (χ0n) is 10.7. The normalized spacial score (nSPS) is 12.3. The largest absolute Gasteiger partial charge is 0.469 e. The fraction of sp³-hybridized carbons (Fsp3) is 0.455. The average Bonchev–Trinajstić information content (AvgIpc) is 3.07. The monoisotopic (exact) mass is 281 g/mol. The number of methoxy groups -OCH3 is 1. The minimum atomic E-state index is -0.221. The fourth-order valence-electron chi connectivity index (χ4n) is 1.52. The van der Waals surface area contributed by atoms with E-state index in [9.17, 15) is 4.79 Å². The van der Waals surface area contributed by atoms with Crippen LogP contribution in [-0.2, 0) is 22.5 Å². The Labute approximate surface area is 114 Å². The fourth-order valence-corrected chi connectivity index (χ4v) is 2.48. The molecule has 1 atom stereocenters. The molecule has 0 radical (unpaired) electrons. The molecule has 2 aromatic rings. The lowest BCUT2D eigenvalue weighted by Gasteiger charge is -2.07. The van der Waals surface area contributed by atoms with Gasteiger partial charge >= 0.3 is 5.97 Å². The van der Waals surface area contributed by atoms with Gasteiger partial charge in [-0.2, -0.15) is 5.21 Å². The Balaban J connectivity index is 1.85. The van der Waals surface area contributed by atoms with Crippen LogP contribution in [0.5, 0.6) is 0 Å². The maximum atomic E-state index is 11.2. The molecule has 1 unspecified atom stereocenters. The Hall–Kier alpha value is -1.80. The number of nitrogens with one attached hydrogen (secondary N) is 2. The standard InChI is InChI=1S/C11H15N5O2S/c1-7(11-13-15-16-14-11)12-6-9-4-3-8(19-9)5-10(17)18-2/h3-4,7,12H,5-6H2,1-2H3,(H,13,14,15,16). The van der Waals surface area contributed by atoms with E-state index < -0.39 is 0 Å². The summed E-state index contributed by atoms with van der Waals surface area (Å²) in [5, 5.41) is 17.1. The van der Waals surface area contributed by atoms with Gasteiger partial charge in [0.1, 0.15) is 0 Å². The number of hydrogen-bond donors (Lipinski definition) is 2. The number of carbonyl (C=O) groups is 1. The first-order valence-electron chi connectivity index (χ1n) is 5.80. The van der Waals surface area contributed by atoms with E-state index >= 15 is 0 Å². The van der Waals surface area contributed by atoms with Crippen LogP contribution in [-0.4, -0.2) is 33.7 Å². The third-order valence-electron chi connectivity index (χ3n) is 2.60. The Bertz CT molecular complexity index is 525. The smallest absolute Gasteiger partial charge is 0.310 e. The molecule has 0 fully saturated rings. The molecule has 0 aromatic carbocycles. The van der Waals surface area contributed by atoms with Crippen LogP contribution in [0.2, 0.25) is 0 Å². The van der Waals surface area contributed by atoms with Gasteiger partial charge in [0.05, 0.1) is 19.6 Å². The van der Waals surface area contributed by atoms with Crippen LogP contribution in [0.4, 0.5) is 0 Å². The molecule has 0 aliphatic heterocycles. The maximum Gasteiger partial charge on any atom is 0.310 e. The van der Waals surface area contributed by atoms with E-state index in [1.54, 1.807) is 11.3 Å². The molecule has 0 bridgehead atoms. The molecule has 0 saturated carbocycles. The molecule has 0 spiro atoms. The lowest BCUT2D eigenvalue weighted by Crippen LogP contribution is -2.18. The van der Waals surface area contributed by atoms with Crippen LogP contribution < -0.4 is 5.32 Å². The number of thiophene rings is 1. The summed E-state index contributed by atoms with van der Waals surface area (Å²) in [7, 11) is 1.39. The molecule has 0 saturated heterocycles. The Morgan fingerprint density at radius 3 is 3.00 bits per heavy atom. The first kappa shape index (κ1) is 13.6. The number of hydrogen-bond acceptors (Lipinski definition) is 7. The predicted octanol–water partition coefficient (Wildman–Crippen LogP) is 0.827. The number of esters is 1. The number of carbonyl (C=O) groups excluding carboxylic acids is 1. The van der Waals surface area contributed by atoms with Crippen molar-refractivity contribution in [3.63, 3.8) is 0 Å². The highest BCUT2D eigenvalue weighted by Gasteiger charge is 2.11. The average molecular weight is 281 g/mol. The predicted molar refractivity (Wildman–Crippen MR) is 69.5 cm³/mol. The zero-order chi connectivity index (χ0) is 13.7. The lowest BCUT2D eigenvalue weighted by atomic mass is 10.3. The summed E-state index contributed by atoms with van der Waals surface area (Å²) in [6, 6.07) is 3.96. The maximum absolute atomic E-state index is 11.2. The van der Waals surface area contributed by atoms with Gasteiger partial charge in [-0.1, -0.05) is 5.21 Å². The van der Waals surface area contributed by atoms with E-state index in [4.69, 9.17) is 0 Å². The van der Waals surface area contributed by atoms with Crippen LogP contribution in [0.25, 0.3) is 0 Å². The molecule has 8 heteroatoms. The second kappa shape index (κ2) is 6.39. The third-order valence-corrected chi connectivity index (χ3v) is 3.68. The minimum Gasteiger partial charge on any atom is -0.469 e. The van der Waals surface area contributed by atoms with Crippen molar-refractivity contribution in [3.8, 4) is 0 Å². The van der Waals surface area contributed by atoms with Gasteiger partial charge in [0.2, 0.25) is 0 Å². The second-order valence-electron chi connectivity index (χ2n) is 3.99. The molecule has 2 N–H and O–H groups in total. The number of rotatable bonds is 6. The van der Waals surface area contributed by atoms with Gasteiger partial charge in [-0.15, -0.1) is 21.5 Å². The first-order chi connectivity index (χ1) is 9.19. The van der Waals surface area contributed by atoms with Crippen molar-refractivity contribution in [1.29, 1.82) is 0 Å². The molecular formula is C11H15N5O2S. The van der Waals surface area contributed by atoms with E-state index in [1.807, 2.05) is 19.1 Å². The van der Waals surface area contributed by atoms with Crippen molar-refractivity contribution >= 4 is 17.3 Å². The summed E-state index contributed by atoms with van der Waals surface area (Å²) in [6.07, 6.45) is 0.321. The van der Waals surface area contributed by atoms with Crippen molar-refractivity contribution in [2.75, 3.05) is 7.11 Å². The number of nitrogens with zero attached hydrogens (tertiary/aromatic N) is 3. The lowest BCUT2D eigenvalue weighted by molar-refractivity contribution is -0.139. The quantitative estimate of drug-likeness (QED) is 0.762. The van der Waals surface area contributed by atoms with E-state index in [1.165, 1.54) is 7.11 Å². The molecule has 102 valence electrons. The third kappa shape index (κ3) is 3.83. The van der Waals surface area contributed by atoms with Crippen LogP contribution in [0.3, 0.4) is 0 Å². The summed E-state index contributed by atoms with van der Waals surface area (Å²) in [5.41, 5.74) is 0. The summed E-state index contributed by atoms with van der Waals surface area (Å²) < 4.78 is 4.64. The molecular weight excluding hydrogens is 266 g/mol. The topological polar surface area (TPSA) is 92.8 Å². The van der Waals surface area contributed by atoms with Crippen molar-refractivity contribution in [2.24, 2.45) is 0 Å². The van der Waals surface area contributed by atoms with Gasteiger partial charge < -0.3 is 10.1 Å². The Morgan fingerprint density at radius 1 is 1.53 bits per heavy atom. The minimum absolute atomic E-state index is 0.0184. The molecule has 0 aliphatic carbocycles. The Morgan fingerprint density at radius 2 is 2.32 bits per heavy atom. The molecule has 0 aliphatic rings. The molecule has 0 amide bonds. The van der Waals surface area contributed by atoms with Crippen LogP contribution in [0, 0.1) is 0 Å². The van der Waals surface area contributed by atoms with Gasteiger partial charge in [-0.3, -0.25) is 4.79 Å². The van der Waals surface area contributed by atoms with E-state index in [0.29, 0.717) is 18.8 Å². The molecule has 7 nitrogen and oxygen atoms in total. The number of H-pyrrole nitrogens is 1. The van der Waals surface area contributed by atoms with Gasteiger partial charge in [-0.25, -0.2) is 0 Å². The van der Waals surface area contributed by atoms with Crippen LogP contribution >= 0.6 is 11.3 Å². The van der Waals surface area contributed by atoms with E-state index in [-0.39, 0.29) is 12.0 Å². The highest BCUT2D eigenvalue weighted by Crippen LogP contribution is 2.18. The molecule has 2 aromatic heterocycles. The van der Waals surface area contributed by atoms with E-state index in [2.05, 4.69) is 30.7 Å². The van der Waals surface area contributed by atoms with Gasteiger partial charge in [-0.05, 0) is 19.1 Å². The highest BCUT2D eigenvalue weighted by atomic mass is 32.1. The second-order valence-corrected chi connectivity index (χ2v) is 5.25. The Kier molecular flexibility index (Phi) is 4.58. The number of aromatic nitrogens is 4. The number of ether oxygens (including phenoxy) is 1. The summed E-state index contributed by atoms with van der Waals surface area (Å²) in [5.74, 6) is 0.410. The van der Waals surface area contributed by atoms with E-state index in [0.717, 1.165) is 9.75 Å². The van der Waals surface area contributed by atoms with Crippen molar-refractivity contribution in [3.05, 3.63) is 27.7 Å². The van der Waals surface area contributed by atoms with Gasteiger partial charge in [0, 0.05) is 16.3 Å². The molecule has 2 rings (SSSR count). The molecule has 19 heavy (non-hydrogen) atoms. The SMILES string of the molecule is COC(=O)Cc1ccc(CNC(C)c2nn[nH]n2)s1. The van der Waals surface area contributed by atoms with Crippen molar-refractivity contribution < 1.29 is 9.53 Å².